The molecule has 0 bridgehead atoms. The van der Waals surface area contributed by atoms with Crippen molar-refractivity contribution < 1.29 is 33.8 Å². The Morgan fingerprint density at radius 2 is 1.21 bits per heavy atom. The molecule has 0 aliphatic carbocycles. The Morgan fingerprint density at radius 3 is 1.42 bits per heavy atom. The smallest absolute Gasteiger partial charge is 0.367 e. The van der Waals surface area contributed by atoms with Crippen LogP contribution in [-0.4, -0.2) is 29.8 Å². The maximum atomic E-state index is 11.5. The van der Waals surface area contributed by atoms with Crippen molar-refractivity contribution in [1.29, 1.82) is 0 Å². The van der Waals surface area contributed by atoms with Crippen molar-refractivity contribution in [2.45, 2.75) is 52.5 Å². The summed E-state index contributed by atoms with van der Waals surface area (Å²) in [6.07, 6.45) is 0.679. The molecule has 0 rings (SSSR count). The molecule has 116 valence electrons. The monoisotopic (exact) mass is 318 g/mol. The summed E-state index contributed by atoms with van der Waals surface area (Å²) in [5, 5.41) is 6.76. The van der Waals surface area contributed by atoms with Crippen LogP contribution >= 0.6 is 15.2 Å². The molecule has 19 heavy (non-hydrogen) atoms. The van der Waals surface area contributed by atoms with Gasteiger partial charge < -0.3 is 24.7 Å². The highest BCUT2D eigenvalue weighted by atomic mass is 31.2. The predicted molar refractivity (Wildman–Crippen MR) is 71.5 cm³/mol. The Balaban J connectivity index is 5.93. The second kappa shape index (κ2) is 5.23. The lowest BCUT2D eigenvalue weighted by molar-refractivity contribution is 0.00324. The molecule has 0 radical (unpaired) electrons. The number of aliphatic hydroxyl groups is 1. The average Bonchev–Trinajstić information content (AvgIpc) is 2.11. The summed E-state index contributed by atoms with van der Waals surface area (Å²) >= 11 is 0. The van der Waals surface area contributed by atoms with E-state index < -0.39 is 31.1 Å². The molecule has 0 saturated carbocycles. The van der Waals surface area contributed by atoms with Gasteiger partial charge in [-0.05, 0) is 11.8 Å². The normalized spacial score (nSPS) is 15.7. The van der Waals surface area contributed by atoms with Gasteiger partial charge in [-0.25, -0.2) is 0 Å². The van der Waals surface area contributed by atoms with Gasteiger partial charge in [0.15, 0.2) is 0 Å². The first kappa shape index (κ1) is 19.3. The van der Waals surface area contributed by atoms with Crippen molar-refractivity contribution in [2.24, 2.45) is 10.8 Å². The Labute approximate surface area is 113 Å². The molecule has 0 heterocycles. The Hall–Kier alpha value is 0.260. The van der Waals surface area contributed by atoms with E-state index in [1.165, 1.54) is 13.8 Å². The fourth-order valence-electron chi connectivity index (χ4n) is 2.40. The van der Waals surface area contributed by atoms with Crippen molar-refractivity contribution in [3.8, 4) is 0 Å². The van der Waals surface area contributed by atoms with Gasteiger partial charge in [-0.2, -0.15) is 0 Å². The van der Waals surface area contributed by atoms with Gasteiger partial charge in [-0.15, -0.1) is 0 Å². The van der Waals surface area contributed by atoms with Crippen LogP contribution in [0.2, 0.25) is 0 Å². The van der Waals surface area contributed by atoms with Gasteiger partial charge in [0, 0.05) is 5.41 Å². The number of rotatable bonds is 6. The highest BCUT2D eigenvalue weighted by Gasteiger charge is 2.68. The van der Waals surface area contributed by atoms with Crippen molar-refractivity contribution >= 4 is 15.2 Å². The first-order valence-corrected chi connectivity index (χ1v) is 9.08. The van der Waals surface area contributed by atoms with Crippen LogP contribution in [0.4, 0.5) is 0 Å². The maximum absolute atomic E-state index is 11.5. The van der Waals surface area contributed by atoms with E-state index >= 15 is 0 Å². The third-order valence-corrected chi connectivity index (χ3v) is 8.00. The minimum atomic E-state index is -5.43. The molecule has 9 heteroatoms. The van der Waals surface area contributed by atoms with Crippen molar-refractivity contribution in [3.63, 3.8) is 0 Å². The molecule has 0 atom stereocenters. The molecule has 0 aromatic rings. The molecule has 0 aliphatic rings. The Morgan fingerprint density at radius 1 is 0.895 bits per heavy atom. The van der Waals surface area contributed by atoms with Gasteiger partial charge in [0.25, 0.3) is 5.08 Å². The lowest BCUT2D eigenvalue weighted by Gasteiger charge is -2.45. The minimum Gasteiger partial charge on any atom is -0.367 e. The van der Waals surface area contributed by atoms with Gasteiger partial charge in [-0.1, -0.05) is 41.0 Å². The molecule has 7 nitrogen and oxygen atoms in total. The fourth-order valence-corrected chi connectivity index (χ4v) is 5.49. The summed E-state index contributed by atoms with van der Waals surface area (Å²) < 4.78 is 22.9. The Kier molecular flexibility index (Phi) is 5.30. The predicted octanol–water partition coefficient (Wildman–Crippen LogP) is 1.84. The zero-order valence-corrected chi connectivity index (χ0v) is 13.7. The van der Waals surface area contributed by atoms with Crippen LogP contribution in [0.1, 0.15) is 47.5 Å². The molecule has 5 N–H and O–H groups in total. The summed E-state index contributed by atoms with van der Waals surface area (Å²) in [5.41, 5.74) is -2.09. The van der Waals surface area contributed by atoms with Gasteiger partial charge in [0.2, 0.25) is 0 Å². The van der Waals surface area contributed by atoms with E-state index in [2.05, 4.69) is 0 Å². The zero-order valence-electron chi connectivity index (χ0n) is 11.9. The molecule has 0 fully saturated rings. The lowest BCUT2D eigenvalue weighted by Crippen LogP contribution is -2.46. The van der Waals surface area contributed by atoms with Gasteiger partial charge in [0.05, 0.1) is 0 Å². The molecule has 0 aromatic heterocycles. The van der Waals surface area contributed by atoms with Crippen LogP contribution in [0.5, 0.6) is 0 Å². The highest BCUT2D eigenvalue weighted by molar-refractivity contribution is 7.72. The van der Waals surface area contributed by atoms with E-state index in [9.17, 15) is 33.8 Å². The minimum absolute atomic E-state index is 0.0449. The van der Waals surface area contributed by atoms with Crippen molar-refractivity contribution in [2.75, 3.05) is 0 Å². The number of hydrogen-bond acceptors (Lipinski definition) is 3. The second-order valence-corrected chi connectivity index (χ2v) is 10.1. The third-order valence-electron chi connectivity index (χ3n) is 3.60. The summed E-state index contributed by atoms with van der Waals surface area (Å²) in [7, 11) is -10.9. The van der Waals surface area contributed by atoms with Crippen molar-refractivity contribution in [3.05, 3.63) is 0 Å². The molecule has 0 saturated heterocycles. The molecule has 0 aromatic carbocycles. The van der Waals surface area contributed by atoms with Gasteiger partial charge in [0.1, 0.15) is 0 Å². The van der Waals surface area contributed by atoms with E-state index in [1.54, 1.807) is 13.8 Å². The SMILES string of the molecule is CCC(C)(C)CC(C)(C)C(O)(P(=O)(O)O)P(=O)(O)O. The van der Waals surface area contributed by atoms with Gasteiger partial charge >= 0.3 is 15.2 Å². The molecule has 0 unspecified atom stereocenters. The molecule has 0 spiro atoms. The summed E-state index contributed by atoms with van der Waals surface area (Å²) in [6, 6.07) is 0. The maximum Gasteiger partial charge on any atom is 0.370 e. The molecular weight excluding hydrogens is 294 g/mol. The van der Waals surface area contributed by atoms with Crippen LogP contribution in [0, 0.1) is 10.8 Å². The van der Waals surface area contributed by atoms with Crippen LogP contribution in [0.3, 0.4) is 0 Å². The van der Waals surface area contributed by atoms with Gasteiger partial charge in [-0.3, -0.25) is 9.13 Å². The standard InChI is InChI=1S/C10H24O7P2/c1-6-8(2,3)7-9(4,5)10(11,18(12,13)14)19(15,16)17/h11H,6-7H2,1-5H3,(H2,12,13,14)(H2,15,16,17). The molecular formula is C10H24O7P2. The van der Waals surface area contributed by atoms with E-state index in [0.717, 1.165) is 0 Å². The van der Waals surface area contributed by atoms with Crippen molar-refractivity contribution in [1.82, 2.24) is 0 Å². The summed E-state index contributed by atoms with van der Waals surface area (Å²) in [5.74, 6) is 0. The van der Waals surface area contributed by atoms with E-state index in [0.29, 0.717) is 6.42 Å². The first-order chi connectivity index (χ1) is 8.02. The molecule has 0 aliphatic heterocycles. The van der Waals surface area contributed by atoms with E-state index in [4.69, 9.17) is 0 Å². The third kappa shape index (κ3) is 3.67. The second-order valence-electron chi connectivity index (χ2n) is 6.30. The van der Waals surface area contributed by atoms with E-state index in [-0.39, 0.29) is 6.42 Å². The topological polar surface area (TPSA) is 135 Å². The highest BCUT2D eigenvalue weighted by Crippen LogP contribution is 2.75. The van der Waals surface area contributed by atoms with Crippen LogP contribution in [-0.2, 0) is 9.13 Å². The fraction of sp³-hybridized carbons (Fsp3) is 1.00. The average molecular weight is 318 g/mol. The van der Waals surface area contributed by atoms with Crippen LogP contribution in [0.25, 0.3) is 0 Å². The summed E-state index contributed by atoms with van der Waals surface area (Å²) in [6.45, 7) is 7.96. The lowest BCUT2D eigenvalue weighted by atomic mass is 9.74. The summed E-state index contributed by atoms with van der Waals surface area (Å²) in [4.78, 5) is 37.0. The van der Waals surface area contributed by atoms with E-state index in [1.807, 2.05) is 6.92 Å². The largest absolute Gasteiger partial charge is 0.370 e. The van der Waals surface area contributed by atoms with Crippen LogP contribution < -0.4 is 0 Å². The quantitative estimate of drug-likeness (QED) is 0.471. The zero-order chi connectivity index (χ0) is 15.9. The van der Waals surface area contributed by atoms with Crippen LogP contribution in [0.15, 0.2) is 0 Å². The molecule has 0 amide bonds. The first-order valence-electron chi connectivity index (χ1n) is 5.85. The Bertz CT molecular complexity index is 396. The number of hydrogen-bond donors (Lipinski definition) is 5.